The number of hydrogen-bond donors (Lipinski definition) is 1. The van der Waals surface area contributed by atoms with E-state index in [2.05, 4.69) is 5.32 Å². The van der Waals surface area contributed by atoms with Gasteiger partial charge in [-0.05, 0) is 30.3 Å². The molecule has 2 rings (SSSR count). The summed E-state index contributed by atoms with van der Waals surface area (Å²) in [6.07, 6.45) is 0. The molecule has 0 unspecified atom stereocenters. The molecule has 0 saturated heterocycles. The van der Waals surface area contributed by atoms with Crippen LogP contribution in [0.5, 0.6) is 0 Å². The largest absolute Gasteiger partial charge is 0.365 e. The number of anilines is 2. The number of carbonyl (C=O) groups is 1. The molecule has 2 aromatic carbocycles. The zero-order chi connectivity index (χ0) is 13.7. The molecule has 4 heteroatoms. The van der Waals surface area contributed by atoms with Crippen molar-refractivity contribution >= 4 is 17.3 Å². The molecule has 1 N–H and O–H groups in total. The summed E-state index contributed by atoms with van der Waals surface area (Å²) in [5.74, 6) is -0.550. The Kier molecular flexibility index (Phi) is 4.13. The van der Waals surface area contributed by atoms with Crippen LogP contribution in [0.4, 0.5) is 15.8 Å². The van der Waals surface area contributed by atoms with Gasteiger partial charge >= 0.3 is 0 Å². The molecule has 2 aromatic rings. The lowest BCUT2D eigenvalue weighted by Gasteiger charge is -2.18. The first-order chi connectivity index (χ1) is 9.15. The number of carbonyl (C=O) groups excluding carboxylic acids is 1. The Balaban J connectivity index is 1.95. The second-order valence-corrected chi connectivity index (χ2v) is 4.25. The van der Waals surface area contributed by atoms with Crippen LogP contribution in [-0.2, 0) is 4.79 Å². The van der Waals surface area contributed by atoms with E-state index in [0.29, 0.717) is 5.69 Å². The molecular weight excluding hydrogens is 243 g/mol. The first-order valence-corrected chi connectivity index (χ1v) is 5.97. The summed E-state index contributed by atoms with van der Waals surface area (Å²) >= 11 is 0. The van der Waals surface area contributed by atoms with Gasteiger partial charge in [0.25, 0.3) is 0 Å². The van der Waals surface area contributed by atoms with Crippen LogP contribution in [0.1, 0.15) is 0 Å². The molecule has 0 heterocycles. The lowest BCUT2D eigenvalue weighted by Crippen LogP contribution is -2.29. The fourth-order valence-corrected chi connectivity index (χ4v) is 1.76. The average molecular weight is 258 g/mol. The number of likely N-dealkylation sites (N-methyl/N-ethyl adjacent to an activating group) is 1. The number of nitrogens with one attached hydrogen (secondary N) is 1. The molecule has 0 aliphatic carbocycles. The van der Waals surface area contributed by atoms with Gasteiger partial charge in [0.05, 0.1) is 6.54 Å². The van der Waals surface area contributed by atoms with Crippen molar-refractivity contribution in [1.82, 2.24) is 0 Å². The molecule has 0 spiro atoms. The Morgan fingerprint density at radius 1 is 1.16 bits per heavy atom. The number of hydrogen-bond acceptors (Lipinski definition) is 2. The number of benzene rings is 2. The molecule has 0 atom stereocenters. The molecule has 0 saturated carbocycles. The van der Waals surface area contributed by atoms with Gasteiger partial charge in [0.1, 0.15) is 5.82 Å². The Morgan fingerprint density at radius 3 is 2.58 bits per heavy atom. The fourth-order valence-electron chi connectivity index (χ4n) is 1.76. The van der Waals surface area contributed by atoms with Gasteiger partial charge in [-0.1, -0.05) is 24.3 Å². The van der Waals surface area contributed by atoms with Crippen molar-refractivity contribution in [3.05, 3.63) is 60.4 Å². The van der Waals surface area contributed by atoms with E-state index in [0.717, 1.165) is 5.69 Å². The van der Waals surface area contributed by atoms with Gasteiger partial charge in [-0.2, -0.15) is 0 Å². The second kappa shape index (κ2) is 6.00. The Labute approximate surface area is 111 Å². The highest BCUT2D eigenvalue weighted by molar-refractivity contribution is 5.93. The van der Waals surface area contributed by atoms with Crippen LogP contribution < -0.4 is 10.2 Å². The van der Waals surface area contributed by atoms with Crippen LogP contribution in [0.15, 0.2) is 54.6 Å². The molecule has 0 radical (unpaired) electrons. The maximum absolute atomic E-state index is 13.0. The predicted octanol–water partition coefficient (Wildman–Crippen LogP) is 2.90. The van der Waals surface area contributed by atoms with Crippen LogP contribution in [-0.4, -0.2) is 19.5 Å². The average Bonchev–Trinajstić information content (AvgIpc) is 2.39. The Morgan fingerprint density at radius 2 is 1.89 bits per heavy atom. The van der Waals surface area contributed by atoms with Crippen LogP contribution in [0.3, 0.4) is 0 Å². The van der Waals surface area contributed by atoms with E-state index in [1.807, 2.05) is 42.3 Å². The number of rotatable bonds is 4. The minimum absolute atomic E-state index is 0.183. The summed E-state index contributed by atoms with van der Waals surface area (Å²) in [5.41, 5.74) is 1.42. The third-order valence-corrected chi connectivity index (χ3v) is 2.69. The van der Waals surface area contributed by atoms with Gasteiger partial charge in [0, 0.05) is 18.4 Å². The van der Waals surface area contributed by atoms with E-state index in [4.69, 9.17) is 0 Å². The first kappa shape index (κ1) is 13.1. The molecule has 3 nitrogen and oxygen atoms in total. The van der Waals surface area contributed by atoms with Crippen LogP contribution in [0.25, 0.3) is 0 Å². The molecule has 0 fully saturated rings. The number of para-hydroxylation sites is 1. The fraction of sp³-hybridized carbons (Fsp3) is 0.133. The highest BCUT2D eigenvalue weighted by atomic mass is 19.1. The number of amides is 1. The molecule has 19 heavy (non-hydrogen) atoms. The monoisotopic (exact) mass is 258 g/mol. The van der Waals surface area contributed by atoms with Crippen molar-refractivity contribution in [2.45, 2.75) is 0 Å². The molecule has 1 amide bonds. The van der Waals surface area contributed by atoms with Gasteiger partial charge < -0.3 is 10.2 Å². The summed E-state index contributed by atoms with van der Waals surface area (Å²) < 4.78 is 13.0. The number of nitrogens with zero attached hydrogens (tertiary/aromatic N) is 1. The lowest BCUT2D eigenvalue weighted by molar-refractivity contribution is -0.114. The smallest absolute Gasteiger partial charge is 0.243 e. The SMILES string of the molecule is CN(CC(=O)Nc1cccc(F)c1)c1ccccc1. The molecular formula is C15H15FN2O. The Hall–Kier alpha value is -2.36. The van der Waals surface area contributed by atoms with Crippen molar-refractivity contribution in [2.75, 3.05) is 23.8 Å². The van der Waals surface area contributed by atoms with Gasteiger partial charge in [0.15, 0.2) is 0 Å². The summed E-state index contributed by atoms with van der Waals surface area (Å²) in [5, 5.41) is 2.66. The van der Waals surface area contributed by atoms with Crippen molar-refractivity contribution < 1.29 is 9.18 Å². The zero-order valence-corrected chi connectivity index (χ0v) is 10.6. The van der Waals surface area contributed by atoms with E-state index in [9.17, 15) is 9.18 Å². The highest BCUT2D eigenvalue weighted by Gasteiger charge is 2.07. The van der Waals surface area contributed by atoms with Gasteiger partial charge in [-0.25, -0.2) is 4.39 Å². The predicted molar refractivity (Wildman–Crippen MR) is 74.7 cm³/mol. The summed E-state index contributed by atoms with van der Waals surface area (Å²) in [7, 11) is 1.83. The third kappa shape index (κ3) is 3.81. The van der Waals surface area contributed by atoms with E-state index in [-0.39, 0.29) is 18.3 Å². The summed E-state index contributed by atoms with van der Waals surface area (Å²) in [4.78, 5) is 13.7. The van der Waals surface area contributed by atoms with E-state index in [1.54, 1.807) is 12.1 Å². The maximum atomic E-state index is 13.0. The minimum Gasteiger partial charge on any atom is -0.365 e. The van der Waals surface area contributed by atoms with Gasteiger partial charge in [0.2, 0.25) is 5.91 Å². The summed E-state index contributed by atoms with van der Waals surface area (Å²) in [6, 6.07) is 15.4. The van der Waals surface area contributed by atoms with Crippen molar-refractivity contribution in [3.63, 3.8) is 0 Å². The van der Waals surface area contributed by atoms with Gasteiger partial charge in [-0.15, -0.1) is 0 Å². The first-order valence-electron chi connectivity index (χ1n) is 5.97. The minimum atomic E-state index is -0.366. The standard InChI is InChI=1S/C15H15FN2O/c1-18(14-8-3-2-4-9-14)11-15(19)17-13-7-5-6-12(16)10-13/h2-10H,11H2,1H3,(H,17,19). The molecule has 0 aliphatic heterocycles. The van der Waals surface area contributed by atoms with Crippen LogP contribution in [0.2, 0.25) is 0 Å². The zero-order valence-electron chi connectivity index (χ0n) is 10.6. The Bertz CT molecular complexity index is 557. The summed E-state index contributed by atoms with van der Waals surface area (Å²) in [6.45, 7) is 0.209. The van der Waals surface area contributed by atoms with Gasteiger partial charge in [-0.3, -0.25) is 4.79 Å². The maximum Gasteiger partial charge on any atom is 0.243 e. The molecule has 0 aliphatic rings. The quantitative estimate of drug-likeness (QED) is 0.914. The molecule has 98 valence electrons. The van der Waals surface area contributed by atoms with Crippen LogP contribution >= 0.6 is 0 Å². The van der Waals surface area contributed by atoms with Crippen molar-refractivity contribution in [1.29, 1.82) is 0 Å². The van der Waals surface area contributed by atoms with Crippen molar-refractivity contribution in [3.8, 4) is 0 Å². The van der Waals surface area contributed by atoms with E-state index >= 15 is 0 Å². The van der Waals surface area contributed by atoms with Crippen LogP contribution in [0, 0.1) is 5.82 Å². The van der Waals surface area contributed by atoms with Crippen molar-refractivity contribution in [2.24, 2.45) is 0 Å². The van der Waals surface area contributed by atoms with E-state index < -0.39 is 0 Å². The number of halogens is 1. The normalized spacial score (nSPS) is 10.0. The lowest BCUT2D eigenvalue weighted by atomic mass is 10.3. The topological polar surface area (TPSA) is 32.3 Å². The van der Waals surface area contributed by atoms with E-state index in [1.165, 1.54) is 12.1 Å². The second-order valence-electron chi connectivity index (χ2n) is 4.25. The third-order valence-electron chi connectivity index (χ3n) is 2.69. The highest BCUT2D eigenvalue weighted by Crippen LogP contribution is 2.12. The molecule has 0 aromatic heterocycles. The molecule has 0 bridgehead atoms.